The Balaban J connectivity index is 1.95. The zero-order valence-electron chi connectivity index (χ0n) is 13.2. The van der Waals surface area contributed by atoms with Gasteiger partial charge in [0.2, 0.25) is 0 Å². The Morgan fingerprint density at radius 2 is 1.75 bits per heavy atom. The van der Waals surface area contributed by atoms with Crippen LogP contribution in [0.2, 0.25) is 0 Å². The summed E-state index contributed by atoms with van der Waals surface area (Å²) in [7, 11) is 0. The van der Waals surface area contributed by atoms with Crippen LogP contribution in [0.4, 0.5) is 0 Å². The summed E-state index contributed by atoms with van der Waals surface area (Å²) in [6, 6.07) is 9.29. The normalized spacial score (nSPS) is 26.6. The van der Waals surface area contributed by atoms with E-state index in [0.29, 0.717) is 6.04 Å². The van der Waals surface area contributed by atoms with Crippen LogP contribution in [0.25, 0.3) is 0 Å². The summed E-state index contributed by atoms with van der Waals surface area (Å²) in [6.45, 7) is 9.29. The molecule has 112 valence electrons. The van der Waals surface area contributed by atoms with E-state index in [1.54, 1.807) is 0 Å². The van der Waals surface area contributed by atoms with Crippen LogP contribution in [0.1, 0.15) is 51.2 Å². The lowest BCUT2D eigenvalue weighted by Gasteiger charge is -2.35. The van der Waals surface area contributed by atoms with Crippen LogP contribution < -0.4 is 5.32 Å². The van der Waals surface area contributed by atoms with E-state index in [1.165, 1.54) is 30.4 Å². The van der Waals surface area contributed by atoms with Gasteiger partial charge in [0.25, 0.3) is 0 Å². The van der Waals surface area contributed by atoms with E-state index in [0.717, 1.165) is 31.6 Å². The average molecular weight is 275 g/mol. The predicted molar refractivity (Wildman–Crippen MR) is 84.6 cm³/mol. The molecule has 2 unspecified atom stereocenters. The smallest absolute Gasteiger partial charge is 0.0719 e. The van der Waals surface area contributed by atoms with Gasteiger partial charge in [-0.15, -0.1) is 0 Å². The highest BCUT2D eigenvalue weighted by Gasteiger charge is 2.27. The van der Waals surface area contributed by atoms with Crippen LogP contribution in [-0.2, 0) is 17.9 Å². The van der Waals surface area contributed by atoms with E-state index in [-0.39, 0.29) is 0 Å². The molecule has 2 rings (SSSR count). The Kier molecular flexibility index (Phi) is 6.06. The molecule has 2 nitrogen and oxygen atoms in total. The monoisotopic (exact) mass is 275 g/mol. The van der Waals surface area contributed by atoms with Crippen molar-refractivity contribution in [3.05, 3.63) is 35.4 Å². The second kappa shape index (κ2) is 7.80. The Bertz CT molecular complexity index is 394. The first-order valence-corrected chi connectivity index (χ1v) is 8.10. The summed E-state index contributed by atoms with van der Waals surface area (Å²) in [5.41, 5.74) is 2.70. The summed E-state index contributed by atoms with van der Waals surface area (Å²) in [5.74, 6) is 1.58. The van der Waals surface area contributed by atoms with Crippen molar-refractivity contribution in [1.82, 2.24) is 5.32 Å². The summed E-state index contributed by atoms with van der Waals surface area (Å²) in [6.07, 6.45) is 4.12. The summed E-state index contributed by atoms with van der Waals surface area (Å²) >= 11 is 0. The van der Waals surface area contributed by atoms with Crippen molar-refractivity contribution in [2.75, 3.05) is 6.61 Å². The molecule has 0 saturated heterocycles. The van der Waals surface area contributed by atoms with Gasteiger partial charge in [-0.3, -0.25) is 0 Å². The number of benzene rings is 1. The number of hydrogen-bond acceptors (Lipinski definition) is 2. The summed E-state index contributed by atoms with van der Waals surface area (Å²) in [5, 5.41) is 3.80. The standard InChI is InChI=1S/C18H29NO/c1-4-20-13-17-11-6-5-10-16(17)12-19-18-14(2)8-7-9-15(18)3/h5-6,10-11,14-15,18-19H,4,7-9,12-13H2,1-3H3. The Labute approximate surface area is 123 Å². The topological polar surface area (TPSA) is 21.3 Å². The van der Waals surface area contributed by atoms with E-state index in [9.17, 15) is 0 Å². The minimum Gasteiger partial charge on any atom is -0.377 e. The van der Waals surface area contributed by atoms with Gasteiger partial charge in [-0.05, 0) is 42.7 Å². The summed E-state index contributed by atoms with van der Waals surface area (Å²) < 4.78 is 5.57. The molecule has 0 spiro atoms. The van der Waals surface area contributed by atoms with Crippen molar-refractivity contribution in [3.63, 3.8) is 0 Å². The molecule has 20 heavy (non-hydrogen) atoms. The molecule has 1 N–H and O–H groups in total. The van der Waals surface area contributed by atoms with Crippen LogP contribution in [0.5, 0.6) is 0 Å². The minimum absolute atomic E-state index is 0.656. The third-order valence-corrected chi connectivity index (χ3v) is 4.65. The van der Waals surface area contributed by atoms with E-state index >= 15 is 0 Å². The van der Waals surface area contributed by atoms with Gasteiger partial charge in [-0.1, -0.05) is 44.5 Å². The van der Waals surface area contributed by atoms with Crippen LogP contribution in [0.3, 0.4) is 0 Å². The van der Waals surface area contributed by atoms with Gasteiger partial charge in [0, 0.05) is 19.2 Å². The van der Waals surface area contributed by atoms with E-state index in [4.69, 9.17) is 4.74 Å². The van der Waals surface area contributed by atoms with Gasteiger partial charge < -0.3 is 10.1 Å². The molecule has 1 saturated carbocycles. The number of nitrogens with one attached hydrogen (secondary N) is 1. The molecule has 1 fully saturated rings. The van der Waals surface area contributed by atoms with Crippen molar-refractivity contribution in [2.24, 2.45) is 11.8 Å². The zero-order valence-corrected chi connectivity index (χ0v) is 13.2. The lowest BCUT2D eigenvalue weighted by atomic mass is 9.78. The fraction of sp³-hybridized carbons (Fsp3) is 0.667. The Morgan fingerprint density at radius 1 is 1.10 bits per heavy atom. The molecule has 2 atom stereocenters. The third kappa shape index (κ3) is 4.07. The highest BCUT2D eigenvalue weighted by molar-refractivity contribution is 5.26. The molecule has 1 aromatic carbocycles. The van der Waals surface area contributed by atoms with Crippen molar-refractivity contribution in [1.29, 1.82) is 0 Å². The molecule has 0 aliphatic heterocycles. The number of rotatable bonds is 6. The lowest BCUT2D eigenvalue weighted by Crippen LogP contribution is -2.42. The second-order valence-electron chi connectivity index (χ2n) is 6.20. The van der Waals surface area contributed by atoms with Crippen molar-refractivity contribution in [3.8, 4) is 0 Å². The molecule has 1 aliphatic carbocycles. The highest BCUT2D eigenvalue weighted by Crippen LogP contribution is 2.29. The first-order valence-electron chi connectivity index (χ1n) is 8.10. The van der Waals surface area contributed by atoms with E-state index in [2.05, 4.69) is 43.4 Å². The van der Waals surface area contributed by atoms with Crippen LogP contribution >= 0.6 is 0 Å². The SMILES string of the molecule is CCOCc1ccccc1CNC1C(C)CCCC1C. The molecular formula is C18H29NO. The number of hydrogen-bond donors (Lipinski definition) is 1. The van der Waals surface area contributed by atoms with Crippen molar-refractivity contribution < 1.29 is 4.74 Å². The molecule has 0 heterocycles. The van der Waals surface area contributed by atoms with Gasteiger partial charge >= 0.3 is 0 Å². The van der Waals surface area contributed by atoms with E-state index < -0.39 is 0 Å². The van der Waals surface area contributed by atoms with Crippen molar-refractivity contribution >= 4 is 0 Å². The zero-order chi connectivity index (χ0) is 14.4. The minimum atomic E-state index is 0.656. The lowest BCUT2D eigenvalue weighted by molar-refractivity contribution is 0.133. The molecule has 1 aliphatic rings. The van der Waals surface area contributed by atoms with Crippen molar-refractivity contribution in [2.45, 2.75) is 59.2 Å². The Morgan fingerprint density at radius 3 is 2.40 bits per heavy atom. The van der Waals surface area contributed by atoms with Gasteiger partial charge in [-0.2, -0.15) is 0 Å². The summed E-state index contributed by atoms with van der Waals surface area (Å²) in [4.78, 5) is 0. The molecule has 0 amide bonds. The first-order chi connectivity index (χ1) is 9.72. The van der Waals surface area contributed by atoms with Crippen LogP contribution in [0.15, 0.2) is 24.3 Å². The molecule has 0 aromatic heterocycles. The van der Waals surface area contributed by atoms with Gasteiger partial charge in [-0.25, -0.2) is 0 Å². The maximum absolute atomic E-state index is 5.57. The average Bonchev–Trinajstić information content (AvgIpc) is 2.45. The molecule has 2 heteroatoms. The highest BCUT2D eigenvalue weighted by atomic mass is 16.5. The first kappa shape index (κ1) is 15.5. The largest absolute Gasteiger partial charge is 0.377 e. The van der Waals surface area contributed by atoms with Crippen LogP contribution in [-0.4, -0.2) is 12.6 Å². The van der Waals surface area contributed by atoms with Gasteiger partial charge in [0.05, 0.1) is 6.61 Å². The molecule has 0 bridgehead atoms. The van der Waals surface area contributed by atoms with Gasteiger partial charge in [0.15, 0.2) is 0 Å². The fourth-order valence-electron chi connectivity index (χ4n) is 3.39. The maximum atomic E-state index is 5.57. The Hall–Kier alpha value is -0.860. The third-order valence-electron chi connectivity index (χ3n) is 4.65. The maximum Gasteiger partial charge on any atom is 0.0719 e. The van der Waals surface area contributed by atoms with Crippen LogP contribution in [0, 0.1) is 11.8 Å². The predicted octanol–water partition coefficient (Wildman–Crippen LogP) is 4.14. The molecule has 0 radical (unpaired) electrons. The quantitative estimate of drug-likeness (QED) is 0.842. The second-order valence-corrected chi connectivity index (χ2v) is 6.20. The molecular weight excluding hydrogens is 246 g/mol. The molecule has 1 aromatic rings. The van der Waals surface area contributed by atoms with Gasteiger partial charge in [0.1, 0.15) is 0 Å². The fourth-order valence-corrected chi connectivity index (χ4v) is 3.39. The van der Waals surface area contributed by atoms with E-state index in [1.807, 2.05) is 6.92 Å². The number of ether oxygens (including phenoxy) is 1.